The molecule has 0 saturated carbocycles. The molecule has 4 heteroatoms. The van der Waals surface area contributed by atoms with Gasteiger partial charge in [0.2, 0.25) is 5.95 Å². The molecule has 3 rings (SSSR count). The fourth-order valence-electron chi connectivity index (χ4n) is 2.80. The van der Waals surface area contributed by atoms with Crippen molar-refractivity contribution in [3.8, 4) is 11.1 Å². The van der Waals surface area contributed by atoms with Crippen LogP contribution in [0.1, 0.15) is 12.8 Å². The molecule has 0 aliphatic carbocycles. The first-order chi connectivity index (χ1) is 9.88. The summed E-state index contributed by atoms with van der Waals surface area (Å²) in [5.74, 6) is 0.849. The molecule has 1 aromatic carbocycles. The van der Waals surface area contributed by atoms with Crippen molar-refractivity contribution >= 4 is 5.95 Å². The number of hydrogen-bond acceptors (Lipinski definition) is 4. The van der Waals surface area contributed by atoms with Crippen molar-refractivity contribution in [3.63, 3.8) is 0 Å². The summed E-state index contributed by atoms with van der Waals surface area (Å²) in [5, 5.41) is 3.25. The molecule has 1 fully saturated rings. The SMILES string of the molecule is CNCC1CCCN1c1ncc(-c2ccccc2)cn1. The number of likely N-dealkylation sites (N-methyl/N-ethyl adjacent to an activating group) is 1. The summed E-state index contributed by atoms with van der Waals surface area (Å²) in [5.41, 5.74) is 2.23. The molecule has 104 valence electrons. The summed E-state index contributed by atoms with van der Waals surface area (Å²) < 4.78 is 0. The number of nitrogens with zero attached hydrogens (tertiary/aromatic N) is 3. The van der Waals surface area contributed by atoms with Gasteiger partial charge in [-0.05, 0) is 25.5 Å². The predicted octanol–water partition coefficient (Wildman–Crippen LogP) is 2.33. The highest BCUT2D eigenvalue weighted by molar-refractivity contribution is 5.61. The average molecular weight is 268 g/mol. The number of benzene rings is 1. The second-order valence-electron chi connectivity index (χ2n) is 5.18. The normalized spacial score (nSPS) is 18.4. The Kier molecular flexibility index (Phi) is 3.92. The van der Waals surface area contributed by atoms with Gasteiger partial charge in [-0.2, -0.15) is 0 Å². The zero-order chi connectivity index (χ0) is 13.8. The van der Waals surface area contributed by atoms with Gasteiger partial charge in [-0.15, -0.1) is 0 Å². The number of nitrogens with one attached hydrogen (secondary N) is 1. The first-order valence-electron chi connectivity index (χ1n) is 7.17. The van der Waals surface area contributed by atoms with Gasteiger partial charge in [0.25, 0.3) is 0 Å². The number of rotatable bonds is 4. The summed E-state index contributed by atoms with van der Waals surface area (Å²) >= 11 is 0. The zero-order valence-corrected chi connectivity index (χ0v) is 11.8. The molecule has 1 aliphatic heterocycles. The van der Waals surface area contributed by atoms with Gasteiger partial charge in [-0.1, -0.05) is 30.3 Å². The number of anilines is 1. The Balaban J connectivity index is 1.79. The monoisotopic (exact) mass is 268 g/mol. The highest BCUT2D eigenvalue weighted by Gasteiger charge is 2.25. The summed E-state index contributed by atoms with van der Waals surface area (Å²) in [4.78, 5) is 11.4. The third-order valence-electron chi connectivity index (χ3n) is 3.82. The largest absolute Gasteiger partial charge is 0.337 e. The van der Waals surface area contributed by atoms with E-state index >= 15 is 0 Å². The lowest BCUT2D eigenvalue weighted by atomic mass is 10.1. The highest BCUT2D eigenvalue weighted by atomic mass is 15.3. The lowest BCUT2D eigenvalue weighted by Gasteiger charge is -2.24. The zero-order valence-electron chi connectivity index (χ0n) is 11.8. The molecule has 1 aliphatic rings. The van der Waals surface area contributed by atoms with Crippen LogP contribution in [0.5, 0.6) is 0 Å². The van der Waals surface area contributed by atoms with Crippen LogP contribution in [-0.4, -0.2) is 36.1 Å². The number of aromatic nitrogens is 2. The van der Waals surface area contributed by atoms with Crippen molar-refractivity contribution in [1.82, 2.24) is 15.3 Å². The molecule has 1 N–H and O–H groups in total. The molecular formula is C16H20N4. The molecule has 0 spiro atoms. The third-order valence-corrected chi connectivity index (χ3v) is 3.82. The van der Waals surface area contributed by atoms with Gasteiger partial charge in [0.15, 0.2) is 0 Å². The van der Waals surface area contributed by atoms with Crippen LogP contribution in [0.4, 0.5) is 5.95 Å². The molecular weight excluding hydrogens is 248 g/mol. The molecule has 4 nitrogen and oxygen atoms in total. The minimum Gasteiger partial charge on any atom is -0.337 e. The lowest BCUT2D eigenvalue weighted by molar-refractivity contribution is 0.607. The maximum absolute atomic E-state index is 4.56. The molecule has 1 atom stereocenters. The summed E-state index contributed by atoms with van der Waals surface area (Å²) in [6.07, 6.45) is 6.28. The molecule has 0 radical (unpaired) electrons. The van der Waals surface area contributed by atoms with Gasteiger partial charge in [0.05, 0.1) is 0 Å². The van der Waals surface area contributed by atoms with Crippen molar-refractivity contribution in [1.29, 1.82) is 0 Å². The van der Waals surface area contributed by atoms with E-state index < -0.39 is 0 Å². The van der Waals surface area contributed by atoms with Crippen molar-refractivity contribution in [2.75, 3.05) is 25.0 Å². The Morgan fingerprint density at radius 1 is 1.15 bits per heavy atom. The summed E-state index contributed by atoms with van der Waals surface area (Å²) in [6.45, 7) is 2.04. The van der Waals surface area contributed by atoms with Crippen molar-refractivity contribution < 1.29 is 0 Å². The van der Waals surface area contributed by atoms with Crippen LogP contribution in [0.2, 0.25) is 0 Å². The molecule has 0 amide bonds. The molecule has 0 bridgehead atoms. The van der Waals surface area contributed by atoms with E-state index in [-0.39, 0.29) is 0 Å². The van der Waals surface area contributed by atoms with Gasteiger partial charge in [-0.3, -0.25) is 0 Å². The molecule has 2 aromatic rings. The van der Waals surface area contributed by atoms with E-state index in [9.17, 15) is 0 Å². The quantitative estimate of drug-likeness (QED) is 0.924. The Morgan fingerprint density at radius 2 is 1.90 bits per heavy atom. The minimum absolute atomic E-state index is 0.516. The first kappa shape index (κ1) is 13.1. The maximum atomic E-state index is 4.56. The van der Waals surface area contributed by atoms with E-state index in [0.717, 1.165) is 30.2 Å². The number of hydrogen-bond donors (Lipinski definition) is 1. The van der Waals surface area contributed by atoms with E-state index in [1.165, 1.54) is 12.8 Å². The summed E-state index contributed by atoms with van der Waals surface area (Å²) in [7, 11) is 2.00. The van der Waals surface area contributed by atoms with Gasteiger partial charge < -0.3 is 10.2 Å². The molecule has 20 heavy (non-hydrogen) atoms. The van der Waals surface area contributed by atoms with E-state index in [1.807, 2.05) is 37.6 Å². The molecule has 2 heterocycles. The second-order valence-corrected chi connectivity index (χ2v) is 5.18. The Morgan fingerprint density at radius 3 is 2.60 bits per heavy atom. The molecule has 1 saturated heterocycles. The first-order valence-corrected chi connectivity index (χ1v) is 7.17. The van der Waals surface area contributed by atoms with Crippen LogP contribution in [0.25, 0.3) is 11.1 Å². The van der Waals surface area contributed by atoms with Crippen LogP contribution in [0.15, 0.2) is 42.7 Å². The van der Waals surface area contributed by atoms with Crippen LogP contribution < -0.4 is 10.2 Å². The van der Waals surface area contributed by atoms with Crippen molar-refractivity contribution in [2.24, 2.45) is 0 Å². The second kappa shape index (κ2) is 6.01. The highest BCUT2D eigenvalue weighted by Crippen LogP contribution is 2.23. The van der Waals surface area contributed by atoms with Crippen molar-refractivity contribution in [2.45, 2.75) is 18.9 Å². The van der Waals surface area contributed by atoms with Gasteiger partial charge in [-0.25, -0.2) is 9.97 Å². The van der Waals surface area contributed by atoms with Crippen LogP contribution >= 0.6 is 0 Å². The smallest absolute Gasteiger partial charge is 0.225 e. The van der Waals surface area contributed by atoms with E-state index in [4.69, 9.17) is 0 Å². The maximum Gasteiger partial charge on any atom is 0.225 e. The molecule has 1 unspecified atom stereocenters. The average Bonchev–Trinajstić information content (AvgIpc) is 2.97. The fraction of sp³-hybridized carbons (Fsp3) is 0.375. The van der Waals surface area contributed by atoms with Crippen molar-refractivity contribution in [3.05, 3.63) is 42.7 Å². The Hall–Kier alpha value is -1.94. The van der Waals surface area contributed by atoms with Crippen LogP contribution in [0, 0.1) is 0 Å². The Bertz CT molecular complexity index is 538. The van der Waals surface area contributed by atoms with E-state index in [0.29, 0.717) is 6.04 Å². The topological polar surface area (TPSA) is 41.0 Å². The van der Waals surface area contributed by atoms with E-state index in [2.05, 4.69) is 32.3 Å². The van der Waals surface area contributed by atoms with Gasteiger partial charge in [0.1, 0.15) is 0 Å². The van der Waals surface area contributed by atoms with Gasteiger partial charge in [0, 0.05) is 37.1 Å². The fourth-order valence-corrected chi connectivity index (χ4v) is 2.80. The minimum atomic E-state index is 0.516. The van der Waals surface area contributed by atoms with Crippen LogP contribution in [-0.2, 0) is 0 Å². The Labute approximate surface area is 119 Å². The standard InChI is InChI=1S/C16H20N4/c1-17-12-15-8-5-9-20(15)16-18-10-14(11-19-16)13-6-3-2-4-7-13/h2-4,6-7,10-11,15,17H,5,8-9,12H2,1H3. The lowest BCUT2D eigenvalue weighted by Crippen LogP contribution is -2.37. The summed E-state index contributed by atoms with van der Waals surface area (Å²) in [6, 6.07) is 10.8. The molecule has 1 aromatic heterocycles. The van der Waals surface area contributed by atoms with Gasteiger partial charge >= 0.3 is 0 Å². The van der Waals surface area contributed by atoms with E-state index in [1.54, 1.807) is 0 Å². The third kappa shape index (κ3) is 2.65. The predicted molar refractivity (Wildman–Crippen MR) is 81.8 cm³/mol. The van der Waals surface area contributed by atoms with Crippen LogP contribution in [0.3, 0.4) is 0 Å².